The van der Waals surface area contributed by atoms with Gasteiger partial charge in [-0.2, -0.15) is 0 Å². The van der Waals surface area contributed by atoms with Gasteiger partial charge in [-0.25, -0.2) is 13.1 Å². The molecule has 4 aromatic carbocycles. The molecule has 0 unspecified atom stereocenters. The van der Waals surface area contributed by atoms with Crippen LogP contribution in [0.4, 0.5) is 0 Å². The van der Waals surface area contributed by atoms with Crippen LogP contribution >= 0.6 is 0 Å². The number of hydrogen-bond acceptors (Lipinski definition) is 5. The van der Waals surface area contributed by atoms with Crippen LogP contribution < -0.4 is 4.72 Å². The fourth-order valence-electron chi connectivity index (χ4n) is 6.80. The SMILES string of the molecule is COC(=O)CCC/C=C\C[C@H]1[C@H](NS(=O)(=O)c2ccc3ccccc3c2)[C@@H]2C[C@@]1(c1ccc(-c3ccccc3)cc1)CO2. The van der Waals surface area contributed by atoms with Crippen molar-refractivity contribution in [2.24, 2.45) is 5.92 Å². The van der Waals surface area contributed by atoms with E-state index in [0.29, 0.717) is 25.9 Å². The first kappa shape index (κ1) is 29.3. The number of carbonyl (C=O) groups excluding carboxylic acids is 1. The van der Waals surface area contributed by atoms with Gasteiger partial charge in [-0.05, 0) is 71.2 Å². The quantitative estimate of drug-likeness (QED) is 0.117. The molecule has 7 heteroatoms. The number of fused-ring (bicyclic) bond motifs is 3. The van der Waals surface area contributed by atoms with Gasteiger partial charge in [0.25, 0.3) is 0 Å². The highest BCUT2D eigenvalue weighted by molar-refractivity contribution is 7.89. The molecule has 4 atom stereocenters. The van der Waals surface area contributed by atoms with Crippen LogP contribution in [0.25, 0.3) is 21.9 Å². The fourth-order valence-corrected chi connectivity index (χ4v) is 8.14. The molecule has 4 aromatic rings. The third kappa shape index (κ3) is 6.03. The summed E-state index contributed by atoms with van der Waals surface area (Å²) in [6.07, 6.45) is 7.31. The zero-order chi connectivity index (χ0) is 29.9. The molecule has 6 rings (SSSR count). The van der Waals surface area contributed by atoms with Crippen molar-refractivity contribution in [1.82, 2.24) is 4.72 Å². The summed E-state index contributed by atoms with van der Waals surface area (Å²) in [7, 11) is -2.40. The Morgan fingerprint density at radius 2 is 1.65 bits per heavy atom. The van der Waals surface area contributed by atoms with Crippen molar-refractivity contribution in [3.8, 4) is 11.1 Å². The third-order valence-corrected chi connectivity index (χ3v) is 10.5. The summed E-state index contributed by atoms with van der Waals surface area (Å²) in [6, 6.07) is 31.6. The first-order valence-corrected chi connectivity index (χ1v) is 16.4. The van der Waals surface area contributed by atoms with Crippen molar-refractivity contribution >= 4 is 26.8 Å². The van der Waals surface area contributed by atoms with E-state index in [4.69, 9.17) is 9.47 Å². The molecule has 1 aliphatic carbocycles. The van der Waals surface area contributed by atoms with Crippen LogP contribution in [0.1, 0.15) is 37.7 Å². The van der Waals surface area contributed by atoms with E-state index in [0.717, 1.165) is 34.7 Å². The fraction of sp³-hybridized carbons (Fsp3) is 0.306. The van der Waals surface area contributed by atoms with Gasteiger partial charge in [0, 0.05) is 11.8 Å². The first-order valence-electron chi connectivity index (χ1n) is 14.9. The number of nitrogens with one attached hydrogen (secondary N) is 1. The van der Waals surface area contributed by atoms with Crippen molar-refractivity contribution in [2.75, 3.05) is 13.7 Å². The van der Waals surface area contributed by atoms with Gasteiger partial charge in [0.1, 0.15) is 0 Å². The molecular weight excluding hydrogens is 558 g/mol. The van der Waals surface area contributed by atoms with Crippen molar-refractivity contribution in [2.45, 2.75) is 54.6 Å². The summed E-state index contributed by atoms with van der Waals surface area (Å²) in [4.78, 5) is 11.8. The molecule has 1 saturated heterocycles. The molecule has 0 spiro atoms. The summed E-state index contributed by atoms with van der Waals surface area (Å²) in [5.74, 6) is -0.208. The van der Waals surface area contributed by atoms with Crippen molar-refractivity contribution in [3.05, 3.63) is 115 Å². The molecule has 0 aromatic heterocycles. The Kier molecular flexibility index (Phi) is 8.48. The second-order valence-corrected chi connectivity index (χ2v) is 13.3. The molecule has 0 radical (unpaired) electrons. The number of allylic oxidation sites excluding steroid dienone is 2. The number of esters is 1. The Hall–Kier alpha value is -3.78. The Balaban J connectivity index is 1.28. The Labute approximate surface area is 253 Å². The van der Waals surface area contributed by atoms with E-state index >= 15 is 0 Å². The van der Waals surface area contributed by atoms with Gasteiger partial charge in [-0.15, -0.1) is 0 Å². The molecule has 1 N–H and O–H groups in total. The van der Waals surface area contributed by atoms with Gasteiger partial charge in [-0.3, -0.25) is 4.79 Å². The van der Waals surface area contributed by atoms with Gasteiger partial charge in [0.2, 0.25) is 10.0 Å². The van der Waals surface area contributed by atoms with E-state index in [-0.39, 0.29) is 34.3 Å². The maximum absolute atomic E-state index is 13.8. The zero-order valence-corrected chi connectivity index (χ0v) is 25.1. The lowest BCUT2D eigenvalue weighted by molar-refractivity contribution is -0.140. The molecule has 222 valence electrons. The van der Waals surface area contributed by atoms with Gasteiger partial charge in [0.05, 0.1) is 30.8 Å². The van der Waals surface area contributed by atoms with Gasteiger partial charge >= 0.3 is 5.97 Å². The summed E-state index contributed by atoms with van der Waals surface area (Å²) < 4.78 is 41.7. The number of sulfonamides is 1. The van der Waals surface area contributed by atoms with E-state index in [1.807, 2.05) is 48.5 Å². The van der Waals surface area contributed by atoms with Crippen LogP contribution in [-0.4, -0.2) is 40.2 Å². The van der Waals surface area contributed by atoms with E-state index in [9.17, 15) is 13.2 Å². The predicted molar refractivity (Wildman–Crippen MR) is 169 cm³/mol. The zero-order valence-electron chi connectivity index (χ0n) is 24.3. The normalized spacial score (nSPS) is 23.2. The highest BCUT2D eigenvalue weighted by atomic mass is 32.2. The highest BCUT2D eigenvalue weighted by Gasteiger charge is 2.60. The summed E-state index contributed by atoms with van der Waals surface area (Å²) in [5, 5.41) is 1.88. The minimum atomic E-state index is -3.80. The van der Waals surface area contributed by atoms with Gasteiger partial charge in [-0.1, -0.05) is 97.1 Å². The van der Waals surface area contributed by atoms with Gasteiger partial charge in [0.15, 0.2) is 0 Å². The number of rotatable bonds is 11. The van der Waals surface area contributed by atoms with Crippen molar-refractivity contribution in [3.63, 3.8) is 0 Å². The minimum Gasteiger partial charge on any atom is -0.469 e. The molecule has 1 saturated carbocycles. The van der Waals surface area contributed by atoms with Crippen LogP contribution in [0.5, 0.6) is 0 Å². The number of hydrogen-bond donors (Lipinski definition) is 1. The average Bonchev–Trinajstić information content (AvgIpc) is 3.61. The number of ether oxygens (including phenoxy) is 2. The Morgan fingerprint density at radius 1 is 0.930 bits per heavy atom. The molecule has 2 fully saturated rings. The lowest BCUT2D eigenvalue weighted by atomic mass is 9.70. The van der Waals surface area contributed by atoms with E-state index in [1.165, 1.54) is 12.7 Å². The largest absolute Gasteiger partial charge is 0.469 e. The summed E-state index contributed by atoms with van der Waals surface area (Å²) >= 11 is 0. The van der Waals surface area contributed by atoms with Crippen LogP contribution in [0.3, 0.4) is 0 Å². The van der Waals surface area contributed by atoms with E-state index < -0.39 is 10.0 Å². The predicted octanol–water partition coefficient (Wildman–Crippen LogP) is 6.80. The number of unbranched alkanes of at least 4 members (excludes halogenated alkanes) is 1. The molecular formula is C36H37NO5S. The molecule has 1 heterocycles. The standard InChI is InChI=1S/C36H37NO5S/c1-41-34(38)16-8-3-2-7-15-32-35(37-43(39,40)31-22-19-27-13-9-10-14-29(27)23-31)33-24-36(32,25-42-33)30-20-17-28(18-21-30)26-11-5-4-6-12-26/h2,4-7,9-14,17-23,32-33,35,37H,3,8,15-16,24-25H2,1H3/b7-2-/t32-,33-,35-,36-/m0/s1. The number of methoxy groups -OCH3 is 1. The Bertz CT molecular complexity index is 1720. The molecule has 6 nitrogen and oxygen atoms in total. The topological polar surface area (TPSA) is 81.7 Å². The lowest BCUT2D eigenvalue weighted by Crippen LogP contribution is -2.51. The first-order chi connectivity index (χ1) is 20.9. The van der Waals surface area contributed by atoms with Crippen molar-refractivity contribution in [1.29, 1.82) is 0 Å². The minimum absolute atomic E-state index is 0.000846. The second-order valence-electron chi connectivity index (χ2n) is 11.6. The van der Waals surface area contributed by atoms with E-state index in [1.54, 1.807) is 12.1 Å². The third-order valence-electron chi connectivity index (χ3n) is 9.09. The average molecular weight is 596 g/mol. The molecule has 2 aliphatic rings. The Morgan fingerprint density at radius 3 is 2.42 bits per heavy atom. The highest BCUT2D eigenvalue weighted by Crippen LogP contribution is 2.54. The summed E-state index contributed by atoms with van der Waals surface area (Å²) in [5.41, 5.74) is 3.16. The van der Waals surface area contributed by atoms with E-state index in [2.05, 4.69) is 53.3 Å². The molecule has 2 bridgehead atoms. The maximum atomic E-state index is 13.8. The van der Waals surface area contributed by atoms with Crippen LogP contribution in [0.2, 0.25) is 0 Å². The smallest absolute Gasteiger partial charge is 0.305 e. The maximum Gasteiger partial charge on any atom is 0.305 e. The summed E-state index contributed by atoms with van der Waals surface area (Å²) in [6.45, 7) is 0.553. The van der Waals surface area contributed by atoms with Crippen LogP contribution in [0.15, 0.2) is 114 Å². The second kappa shape index (κ2) is 12.4. The monoisotopic (exact) mass is 595 g/mol. The van der Waals surface area contributed by atoms with Crippen LogP contribution in [-0.2, 0) is 29.7 Å². The molecule has 43 heavy (non-hydrogen) atoms. The lowest BCUT2D eigenvalue weighted by Gasteiger charge is -2.39. The molecule has 1 aliphatic heterocycles. The number of benzene rings is 4. The van der Waals surface area contributed by atoms with Crippen molar-refractivity contribution < 1.29 is 22.7 Å². The van der Waals surface area contributed by atoms with Crippen LogP contribution in [0, 0.1) is 5.92 Å². The number of carbonyl (C=O) groups is 1. The molecule has 0 amide bonds. The van der Waals surface area contributed by atoms with Gasteiger partial charge < -0.3 is 9.47 Å².